The number of nitrogens with zero attached hydrogens (tertiary/aromatic N) is 2. The van der Waals surface area contributed by atoms with Gasteiger partial charge in [0.15, 0.2) is 0 Å². The van der Waals surface area contributed by atoms with E-state index in [4.69, 9.17) is 26.1 Å². The Bertz CT molecular complexity index is 2120. The van der Waals surface area contributed by atoms with Crippen molar-refractivity contribution < 1.29 is 18.7 Å². The summed E-state index contributed by atoms with van der Waals surface area (Å²) in [6.45, 7) is 32.6. The van der Waals surface area contributed by atoms with E-state index in [0.29, 0.717) is 44.3 Å². The SMILES string of the molecule is CCCOc1c(Cl)c(I)c(CC(C)F)c(/C(=C2/N=C(C(C)(C)C)C(C(C)(C)C)=C2C(C)(C)C)c2[nH]c(CC(=O)OCc3cccs3)c(C#N)c2CC)c1C(C)(C)C. The molecule has 0 amide bonds. The normalized spacial score (nSPS) is 15.5. The van der Waals surface area contributed by atoms with Crippen LogP contribution in [0.4, 0.5) is 4.39 Å². The molecule has 310 valence electrons. The number of nitriles is 1. The molecule has 0 aliphatic carbocycles. The van der Waals surface area contributed by atoms with Crippen molar-refractivity contribution >= 4 is 62.8 Å². The molecule has 2 aromatic heterocycles. The zero-order valence-corrected chi connectivity index (χ0v) is 40.4. The Morgan fingerprint density at radius 2 is 1.63 bits per heavy atom. The Balaban J connectivity index is 2.37. The largest absolute Gasteiger partial charge is 0.492 e. The molecule has 0 saturated heterocycles. The standard InChI is InChI=1S/C47H62ClFIN3O3S/c1-16-20-55-42-35(44(4,5)6)33(29(22-26(3)49)39(50)38(42)48)34(41-36(45(7,8)9)37(46(10,11)12)43(53-41)47(13,14)15)40-28(17-2)30(24-51)31(52-40)23-32(54)56-25-27-19-18-21-57-27/h18-19,21,26,52H,16-17,20,22-23,25H2,1-15H3/b41-34-. The van der Waals surface area contributed by atoms with Crippen molar-refractivity contribution in [1.82, 2.24) is 4.98 Å². The van der Waals surface area contributed by atoms with Crippen molar-refractivity contribution in [2.45, 2.75) is 148 Å². The van der Waals surface area contributed by atoms with Crippen molar-refractivity contribution in [2.75, 3.05) is 6.61 Å². The first-order chi connectivity index (χ1) is 26.3. The summed E-state index contributed by atoms with van der Waals surface area (Å²) < 4.78 is 28.8. The molecule has 0 saturated carbocycles. The highest BCUT2D eigenvalue weighted by molar-refractivity contribution is 14.1. The molecule has 0 fully saturated rings. The average Bonchev–Trinajstić information content (AvgIpc) is 3.83. The maximum atomic E-state index is 15.7. The Morgan fingerprint density at radius 3 is 2.11 bits per heavy atom. The van der Waals surface area contributed by atoms with Crippen LogP contribution in [0.5, 0.6) is 5.75 Å². The highest BCUT2D eigenvalue weighted by Crippen LogP contribution is 2.55. The minimum atomic E-state index is -1.20. The molecule has 1 aliphatic heterocycles. The zero-order valence-electron chi connectivity index (χ0n) is 36.7. The number of halogens is 3. The fourth-order valence-corrected chi connectivity index (χ4v) is 9.31. The van der Waals surface area contributed by atoms with Crippen LogP contribution in [0.2, 0.25) is 5.02 Å². The molecular formula is C47H62ClFIN3O3S. The number of aliphatic imine (C=N–C) groups is 1. The van der Waals surface area contributed by atoms with Crippen LogP contribution in [0.3, 0.4) is 0 Å². The van der Waals surface area contributed by atoms with Gasteiger partial charge in [-0.25, -0.2) is 4.39 Å². The summed E-state index contributed by atoms with van der Waals surface area (Å²) in [5.74, 6) is 0.124. The van der Waals surface area contributed by atoms with E-state index in [1.54, 1.807) is 6.92 Å². The molecular weight excluding hydrogens is 868 g/mol. The molecule has 3 heterocycles. The number of carbonyl (C=O) groups excluding carboxylic acids is 1. The third kappa shape index (κ3) is 10.1. The van der Waals surface area contributed by atoms with Crippen LogP contribution >= 0.6 is 45.5 Å². The first kappa shape index (κ1) is 46.7. The lowest BCUT2D eigenvalue weighted by Gasteiger charge is -2.34. The van der Waals surface area contributed by atoms with Crippen molar-refractivity contribution in [3.63, 3.8) is 0 Å². The molecule has 1 aliphatic rings. The predicted octanol–water partition coefficient (Wildman–Crippen LogP) is 13.7. The number of hydrogen-bond donors (Lipinski definition) is 1. The van der Waals surface area contributed by atoms with E-state index >= 15 is 4.39 Å². The van der Waals surface area contributed by atoms with Gasteiger partial charge in [-0.1, -0.05) is 115 Å². The first-order valence-corrected chi connectivity index (χ1v) is 22.4. The molecule has 0 bridgehead atoms. The van der Waals surface area contributed by atoms with Crippen molar-refractivity contribution in [2.24, 2.45) is 21.2 Å². The number of ether oxygens (including phenoxy) is 2. The number of allylic oxidation sites excluding steroid dienone is 2. The van der Waals surface area contributed by atoms with E-state index in [1.807, 2.05) is 24.4 Å². The Labute approximate surface area is 363 Å². The van der Waals surface area contributed by atoms with Gasteiger partial charge in [0.1, 0.15) is 24.6 Å². The predicted molar refractivity (Wildman–Crippen MR) is 244 cm³/mol. The lowest BCUT2D eigenvalue weighted by atomic mass is 9.69. The Kier molecular flexibility index (Phi) is 14.5. The number of alkyl halides is 1. The maximum Gasteiger partial charge on any atom is 0.312 e. The summed E-state index contributed by atoms with van der Waals surface area (Å²) in [5, 5.41) is 13.3. The fraction of sp³-hybridized carbons (Fsp3) is 0.553. The molecule has 57 heavy (non-hydrogen) atoms. The monoisotopic (exact) mass is 929 g/mol. The van der Waals surface area contributed by atoms with Gasteiger partial charge in [0, 0.05) is 37.1 Å². The number of aromatic nitrogens is 1. The van der Waals surface area contributed by atoms with E-state index in [0.717, 1.165) is 56.1 Å². The second-order valence-electron chi connectivity index (χ2n) is 19.2. The van der Waals surface area contributed by atoms with Crippen LogP contribution in [0.15, 0.2) is 39.3 Å². The minimum absolute atomic E-state index is 0.0902. The number of benzene rings is 1. The van der Waals surface area contributed by atoms with Gasteiger partial charge >= 0.3 is 5.97 Å². The summed E-state index contributed by atoms with van der Waals surface area (Å²) in [4.78, 5) is 23.8. The first-order valence-electron chi connectivity index (χ1n) is 20.0. The molecule has 1 atom stereocenters. The lowest BCUT2D eigenvalue weighted by Crippen LogP contribution is -2.29. The van der Waals surface area contributed by atoms with Gasteiger partial charge in [-0.2, -0.15) is 5.26 Å². The number of thiophene rings is 1. The third-order valence-corrected chi connectivity index (χ3v) is 12.7. The number of rotatable bonds is 12. The zero-order chi connectivity index (χ0) is 43.0. The molecule has 1 aromatic carbocycles. The minimum Gasteiger partial charge on any atom is -0.492 e. The summed E-state index contributed by atoms with van der Waals surface area (Å²) in [5.41, 5.74) is 7.87. The number of esters is 1. The van der Waals surface area contributed by atoms with E-state index in [1.165, 1.54) is 16.9 Å². The molecule has 1 unspecified atom stereocenters. The molecule has 0 spiro atoms. The van der Waals surface area contributed by atoms with Crippen molar-refractivity contribution in [3.8, 4) is 11.8 Å². The van der Waals surface area contributed by atoms with Crippen LogP contribution < -0.4 is 4.74 Å². The molecule has 4 rings (SSSR count). The third-order valence-electron chi connectivity index (χ3n) is 9.94. The maximum absolute atomic E-state index is 15.7. The van der Waals surface area contributed by atoms with Gasteiger partial charge in [0.2, 0.25) is 0 Å². The van der Waals surface area contributed by atoms with Crippen LogP contribution in [0.1, 0.15) is 154 Å². The summed E-state index contributed by atoms with van der Waals surface area (Å²) in [7, 11) is 0. The van der Waals surface area contributed by atoms with Crippen LogP contribution in [0, 0.1) is 31.1 Å². The Hall–Kier alpha value is -2.94. The topological polar surface area (TPSA) is 87.5 Å². The Morgan fingerprint density at radius 1 is 1.00 bits per heavy atom. The number of hydrogen-bond acceptors (Lipinski definition) is 6. The van der Waals surface area contributed by atoms with E-state index < -0.39 is 23.0 Å². The fourth-order valence-electron chi connectivity index (χ4n) is 7.70. The van der Waals surface area contributed by atoms with Gasteiger partial charge in [0.05, 0.1) is 40.7 Å². The molecule has 1 N–H and O–H groups in total. The van der Waals surface area contributed by atoms with E-state index in [9.17, 15) is 10.1 Å². The molecule has 10 heteroatoms. The van der Waals surface area contributed by atoms with Gasteiger partial charge in [0.25, 0.3) is 0 Å². The summed E-state index contributed by atoms with van der Waals surface area (Å²) in [6, 6.07) is 6.30. The van der Waals surface area contributed by atoms with Gasteiger partial charge in [-0.05, 0) is 97.9 Å². The van der Waals surface area contributed by atoms with Crippen LogP contribution in [0.25, 0.3) is 5.57 Å². The van der Waals surface area contributed by atoms with E-state index in [-0.39, 0.29) is 30.3 Å². The number of carbonyl (C=O) groups is 1. The lowest BCUT2D eigenvalue weighted by molar-refractivity contribution is -0.144. The van der Waals surface area contributed by atoms with Crippen LogP contribution in [-0.2, 0) is 40.8 Å². The molecule has 3 aromatic rings. The number of nitrogens with one attached hydrogen (secondary N) is 1. The molecule has 0 radical (unpaired) electrons. The summed E-state index contributed by atoms with van der Waals surface area (Å²) in [6.07, 6.45) is 0.0110. The number of aromatic amines is 1. The quantitative estimate of drug-likeness (QED) is 0.145. The van der Waals surface area contributed by atoms with E-state index in [2.05, 4.69) is 124 Å². The van der Waals surface area contributed by atoms with Gasteiger partial charge in [-0.3, -0.25) is 9.79 Å². The van der Waals surface area contributed by atoms with Crippen molar-refractivity contribution in [1.29, 1.82) is 5.26 Å². The second kappa shape index (κ2) is 17.7. The summed E-state index contributed by atoms with van der Waals surface area (Å²) >= 11 is 11.1. The highest BCUT2D eigenvalue weighted by atomic mass is 127. The van der Waals surface area contributed by atoms with Gasteiger partial charge < -0.3 is 14.5 Å². The smallest absolute Gasteiger partial charge is 0.312 e. The second-order valence-corrected chi connectivity index (χ2v) is 21.7. The van der Waals surface area contributed by atoms with Crippen LogP contribution in [-0.4, -0.2) is 29.4 Å². The number of H-pyrrole nitrogens is 1. The van der Waals surface area contributed by atoms with Gasteiger partial charge in [-0.15, -0.1) is 11.3 Å². The van der Waals surface area contributed by atoms with Crippen molar-refractivity contribution in [3.05, 3.63) is 87.0 Å². The average molecular weight is 930 g/mol. The highest BCUT2D eigenvalue weighted by Gasteiger charge is 2.44. The molecule has 6 nitrogen and oxygen atoms in total.